The molecule has 0 aliphatic rings. The highest BCUT2D eigenvalue weighted by molar-refractivity contribution is 5.71. The molecule has 4 unspecified atom stereocenters. The number of halogens is 7. The molecule has 4 atom stereocenters. The van der Waals surface area contributed by atoms with Gasteiger partial charge in [0.05, 0.1) is 29.9 Å². The van der Waals surface area contributed by atoms with Crippen molar-refractivity contribution < 1.29 is 35.5 Å². The second-order valence-corrected chi connectivity index (χ2v) is 27.0. The standard InChI is InChI=1S/C22H22FN7O.3C21H19F2N7/c1-13(14-3-7-16(23)8-4-14)25-19-12-20(28-22(24)27-19)26-21-11-18(29-30-21)15-5-9-17(31-2)10-6-15;1-12(13-2-6-15(22)7-3-13)25-18-11-19(28-21(24)27-18)26-20-10-17(29-30-20)14-4-8-16(23)9-5-14;1-12(13-5-7-15(22)8-6-13)25-18-11-19(28-21(24)27-18)26-20-10-17(29-30-20)14-3-2-4-16(23)9-14;1-12(13-6-8-14(22)9-7-13)25-18-11-19(28-21(24)27-18)26-20-10-17(29-30-20)15-4-2-3-5-16(15)23/h3-13H,1-2H3,(H5,24,25,26,27,28,29,30);3*2-12H,1H3,(H5,24,25,26,27,28,29,30). The molecule has 121 heavy (non-hydrogen) atoms. The van der Waals surface area contributed by atoms with E-state index in [-0.39, 0.29) is 88.7 Å². The van der Waals surface area contributed by atoms with E-state index in [1.165, 1.54) is 78.9 Å². The molecule has 0 aliphatic carbocycles. The van der Waals surface area contributed by atoms with Gasteiger partial charge in [0.2, 0.25) is 23.8 Å². The molecule has 0 saturated carbocycles. The summed E-state index contributed by atoms with van der Waals surface area (Å²) in [5, 5.41) is 53.5. The van der Waals surface area contributed by atoms with E-state index in [9.17, 15) is 30.7 Å². The van der Waals surface area contributed by atoms with Crippen molar-refractivity contribution in [2.24, 2.45) is 0 Å². The maximum Gasteiger partial charge on any atom is 0.223 e. The molecule has 0 spiro atoms. The largest absolute Gasteiger partial charge is 0.497 e. The summed E-state index contributed by atoms with van der Waals surface area (Å²) < 4.78 is 98.2. The molecular formula is C85H79F7N28O. The fourth-order valence-electron chi connectivity index (χ4n) is 12.0. The zero-order valence-corrected chi connectivity index (χ0v) is 65.1. The number of nitrogens with two attached hydrogens (primary N) is 4. The van der Waals surface area contributed by atoms with Crippen molar-refractivity contribution in [2.75, 3.05) is 72.6 Å². The number of nitrogen functional groups attached to an aromatic ring is 4. The van der Waals surface area contributed by atoms with E-state index in [1.807, 2.05) is 58.0 Å². The van der Waals surface area contributed by atoms with Crippen molar-refractivity contribution in [2.45, 2.75) is 51.9 Å². The van der Waals surface area contributed by atoms with Crippen LogP contribution in [0.25, 0.3) is 45.0 Å². The quantitative estimate of drug-likeness (QED) is 0.0236. The maximum atomic E-state index is 14.0. The molecule has 8 aromatic carbocycles. The first kappa shape index (κ1) is 82.8. The van der Waals surface area contributed by atoms with Gasteiger partial charge in [-0.15, -0.1) is 0 Å². The molecular weight excluding hydrogens is 1560 g/mol. The Labute approximate surface area is 687 Å². The van der Waals surface area contributed by atoms with E-state index in [4.69, 9.17) is 27.7 Å². The SMILES string of the molecule is CC(Nc1cc(Nc2cc(-c3ccc(F)cc3)[nH]n2)nc(N)n1)c1ccc(F)cc1.CC(Nc1cc(Nc2cc(-c3cccc(F)c3)[nH]n2)nc(N)n1)c1ccc(F)cc1.CC(Nc1cc(Nc2cc(-c3ccccc3F)[nH]n2)nc(N)n1)c1ccc(F)cc1.COc1ccc(-c2cc(Nc3cc(NC(C)c4ccc(F)cc4)nc(N)n3)n[nH]2)cc1. The van der Waals surface area contributed by atoms with Gasteiger partial charge in [0.25, 0.3) is 0 Å². The van der Waals surface area contributed by atoms with E-state index in [0.717, 1.165) is 50.5 Å². The van der Waals surface area contributed by atoms with Crippen LogP contribution in [0.2, 0.25) is 0 Å². The summed E-state index contributed by atoms with van der Waals surface area (Å²) in [6.45, 7) is 7.74. The third kappa shape index (κ3) is 23.3. The van der Waals surface area contributed by atoms with Gasteiger partial charge >= 0.3 is 0 Å². The van der Waals surface area contributed by atoms with Crippen LogP contribution in [0, 0.1) is 40.7 Å². The van der Waals surface area contributed by atoms with Crippen LogP contribution in [0.4, 0.5) is 124 Å². The number of hydrogen-bond donors (Lipinski definition) is 16. The van der Waals surface area contributed by atoms with Crippen molar-refractivity contribution in [3.05, 3.63) is 306 Å². The van der Waals surface area contributed by atoms with Gasteiger partial charge in [0.1, 0.15) is 93.0 Å². The zero-order valence-electron chi connectivity index (χ0n) is 65.1. The summed E-state index contributed by atoms with van der Waals surface area (Å²) in [4.78, 5) is 33.5. The highest BCUT2D eigenvalue weighted by Crippen LogP contribution is 2.32. The molecule has 20 N–H and O–H groups in total. The van der Waals surface area contributed by atoms with Gasteiger partial charge in [0, 0.05) is 83.8 Å². The van der Waals surface area contributed by atoms with Crippen LogP contribution >= 0.6 is 0 Å². The molecule has 8 aromatic heterocycles. The van der Waals surface area contributed by atoms with Crippen LogP contribution < -0.4 is 70.2 Å². The molecule has 0 bridgehead atoms. The second-order valence-electron chi connectivity index (χ2n) is 27.0. The number of aromatic nitrogens is 16. The van der Waals surface area contributed by atoms with E-state index in [0.29, 0.717) is 92.3 Å². The number of anilines is 16. The molecule has 36 heteroatoms. The summed E-state index contributed by atoms with van der Waals surface area (Å²) >= 11 is 0. The van der Waals surface area contributed by atoms with Gasteiger partial charge in [-0.2, -0.15) is 60.3 Å². The van der Waals surface area contributed by atoms with Crippen LogP contribution in [0.3, 0.4) is 0 Å². The lowest BCUT2D eigenvalue weighted by molar-refractivity contribution is 0.415. The van der Waals surface area contributed by atoms with Crippen LogP contribution in [0.5, 0.6) is 5.75 Å². The minimum atomic E-state index is -0.347. The summed E-state index contributed by atoms with van der Waals surface area (Å²) in [5.74, 6) is 4.90. The smallest absolute Gasteiger partial charge is 0.223 e. The van der Waals surface area contributed by atoms with Gasteiger partial charge in [0.15, 0.2) is 23.3 Å². The minimum Gasteiger partial charge on any atom is -0.497 e. The number of aromatic amines is 4. The van der Waals surface area contributed by atoms with Crippen molar-refractivity contribution >= 4 is 93.6 Å². The molecule has 0 amide bonds. The Bertz CT molecular complexity index is 6100. The highest BCUT2D eigenvalue weighted by Gasteiger charge is 2.18. The van der Waals surface area contributed by atoms with Gasteiger partial charge in [-0.1, -0.05) is 72.8 Å². The number of H-pyrrole nitrogens is 4. The summed E-state index contributed by atoms with van der Waals surface area (Å²) in [6.07, 6.45) is 0. The first-order valence-electron chi connectivity index (χ1n) is 37.3. The highest BCUT2D eigenvalue weighted by atomic mass is 19.2. The average Bonchev–Trinajstić information content (AvgIpc) is 1.31. The van der Waals surface area contributed by atoms with E-state index in [2.05, 4.69) is 123 Å². The number of benzene rings is 8. The first-order valence-corrected chi connectivity index (χ1v) is 37.3. The van der Waals surface area contributed by atoms with Crippen molar-refractivity contribution in [1.82, 2.24) is 80.7 Å². The second kappa shape index (κ2) is 38.5. The lowest BCUT2D eigenvalue weighted by Crippen LogP contribution is -2.10. The fraction of sp³-hybridized carbons (Fsp3) is 0.106. The third-order valence-electron chi connectivity index (χ3n) is 18.1. The van der Waals surface area contributed by atoms with Crippen molar-refractivity contribution in [3.8, 4) is 50.8 Å². The first-order chi connectivity index (χ1) is 58.4. The summed E-state index contributed by atoms with van der Waals surface area (Å²) in [6, 6.07) is 64.7. The predicted octanol–water partition coefficient (Wildman–Crippen LogP) is 18.4. The minimum absolute atomic E-state index is 0.0682. The Balaban J connectivity index is 0.000000139. The van der Waals surface area contributed by atoms with E-state index < -0.39 is 0 Å². The summed E-state index contributed by atoms with van der Waals surface area (Å²) in [5.41, 5.74) is 32.6. The van der Waals surface area contributed by atoms with E-state index in [1.54, 1.807) is 141 Å². The Kier molecular flexibility index (Phi) is 26.4. The molecule has 0 fully saturated rings. The number of nitrogens with zero attached hydrogens (tertiary/aromatic N) is 12. The van der Waals surface area contributed by atoms with Crippen molar-refractivity contribution in [1.29, 1.82) is 0 Å². The Morgan fingerprint density at radius 3 is 0.868 bits per heavy atom. The normalized spacial score (nSPS) is 11.8. The molecule has 16 aromatic rings. The fourth-order valence-corrected chi connectivity index (χ4v) is 12.0. The van der Waals surface area contributed by atoms with Gasteiger partial charge in [-0.3, -0.25) is 20.4 Å². The molecule has 0 radical (unpaired) electrons. The van der Waals surface area contributed by atoms with Crippen LogP contribution in [-0.4, -0.2) is 87.8 Å². The number of methoxy groups -OCH3 is 1. The van der Waals surface area contributed by atoms with Gasteiger partial charge < -0.3 is 70.2 Å². The maximum absolute atomic E-state index is 14.0. The number of ether oxygens (including phenoxy) is 1. The third-order valence-corrected chi connectivity index (χ3v) is 18.1. The predicted molar refractivity (Wildman–Crippen MR) is 455 cm³/mol. The molecule has 0 saturated heterocycles. The molecule has 614 valence electrons. The average molecular weight is 1640 g/mol. The zero-order chi connectivity index (χ0) is 85.1. The van der Waals surface area contributed by atoms with Crippen LogP contribution in [0.1, 0.15) is 74.1 Å². The van der Waals surface area contributed by atoms with Crippen LogP contribution in [-0.2, 0) is 0 Å². The summed E-state index contributed by atoms with van der Waals surface area (Å²) in [7, 11) is 1.63. The molecule has 8 heterocycles. The lowest BCUT2D eigenvalue weighted by atomic mass is 10.1. The number of hydrogen-bond acceptors (Lipinski definition) is 25. The van der Waals surface area contributed by atoms with Gasteiger partial charge in [-0.05, 0) is 182 Å². The topological polar surface area (TPSA) is 427 Å². The Morgan fingerprint density at radius 1 is 0.273 bits per heavy atom. The van der Waals surface area contributed by atoms with E-state index >= 15 is 0 Å². The lowest BCUT2D eigenvalue weighted by Gasteiger charge is -2.16. The Hall–Kier alpha value is -16.2. The van der Waals surface area contributed by atoms with Gasteiger partial charge in [-0.25, -0.2) is 30.7 Å². The Morgan fingerprint density at radius 2 is 0.554 bits per heavy atom. The number of nitrogens with one attached hydrogen (secondary N) is 12. The monoisotopic (exact) mass is 1640 g/mol. The van der Waals surface area contributed by atoms with Crippen molar-refractivity contribution in [3.63, 3.8) is 0 Å². The van der Waals surface area contributed by atoms with Crippen LogP contribution in [0.15, 0.2) is 243 Å². The molecule has 0 aliphatic heterocycles. The number of rotatable bonds is 25. The molecule has 16 rings (SSSR count). The molecule has 29 nitrogen and oxygen atoms in total.